The van der Waals surface area contributed by atoms with Crippen molar-refractivity contribution in [3.63, 3.8) is 0 Å². The zero-order chi connectivity index (χ0) is 20.3. The normalized spacial score (nSPS) is 16.8. The molecule has 2 aromatic rings. The number of carbonyl (C=O) groups excluding carboxylic acids is 1. The highest BCUT2D eigenvalue weighted by molar-refractivity contribution is 9.10. The van der Waals surface area contributed by atoms with Gasteiger partial charge in [-0.25, -0.2) is 4.79 Å². The average molecular weight is 498 g/mol. The molecule has 0 spiro atoms. The number of hydrogen-bond acceptors (Lipinski definition) is 6. The Kier molecular flexibility index (Phi) is 7.03. The predicted octanol–water partition coefficient (Wildman–Crippen LogP) is 5.12. The number of benzene rings is 1. The van der Waals surface area contributed by atoms with Crippen molar-refractivity contribution in [2.75, 3.05) is 12.0 Å². The molecule has 1 saturated heterocycles. The summed E-state index contributed by atoms with van der Waals surface area (Å²) in [6, 6.07) is 10.3. The Balaban J connectivity index is 1.82. The molecule has 9 heteroatoms. The fraction of sp³-hybridized carbons (Fsp3) is 0.211. The highest BCUT2D eigenvalue weighted by Crippen LogP contribution is 2.35. The number of carboxylic acid groups (broad SMARTS) is 1. The van der Waals surface area contributed by atoms with Gasteiger partial charge in [-0.2, -0.15) is 11.8 Å². The van der Waals surface area contributed by atoms with Crippen molar-refractivity contribution in [2.45, 2.75) is 12.5 Å². The lowest BCUT2D eigenvalue weighted by molar-refractivity contribution is -0.145. The van der Waals surface area contributed by atoms with Crippen molar-refractivity contribution in [3.05, 3.63) is 51.5 Å². The first-order valence-electron chi connectivity index (χ1n) is 8.25. The third-order valence-electron chi connectivity index (χ3n) is 4.04. The lowest BCUT2D eigenvalue weighted by Gasteiger charge is -2.22. The van der Waals surface area contributed by atoms with Crippen LogP contribution in [0, 0.1) is 0 Å². The van der Waals surface area contributed by atoms with Crippen LogP contribution in [-0.4, -0.2) is 44.3 Å². The van der Waals surface area contributed by atoms with E-state index in [1.54, 1.807) is 12.1 Å². The van der Waals surface area contributed by atoms with E-state index in [4.69, 9.17) is 16.6 Å². The van der Waals surface area contributed by atoms with Crippen molar-refractivity contribution in [2.24, 2.45) is 0 Å². The first kappa shape index (κ1) is 21.2. The average Bonchev–Trinajstić information content (AvgIpc) is 3.22. The standard InChI is InChI=1S/C19H16BrNO4S3/c1-27-9-8-14(18(23)24)21-17(22)16(28-19(21)26)10-13-6-7-15(25-13)11-2-4-12(20)5-3-11/h2-7,10,14H,8-9H2,1H3,(H,23,24)/b16-10-. The van der Waals surface area contributed by atoms with Crippen LogP contribution < -0.4 is 0 Å². The quantitative estimate of drug-likeness (QED) is 0.420. The molecule has 1 aliphatic rings. The van der Waals surface area contributed by atoms with Crippen molar-refractivity contribution in [3.8, 4) is 11.3 Å². The van der Waals surface area contributed by atoms with Crippen LogP contribution in [0.1, 0.15) is 12.2 Å². The van der Waals surface area contributed by atoms with Gasteiger partial charge in [0.2, 0.25) is 0 Å². The maximum Gasteiger partial charge on any atom is 0.326 e. The minimum absolute atomic E-state index is 0.254. The molecule has 1 aromatic carbocycles. The number of halogens is 1. The fourth-order valence-electron chi connectivity index (χ4n) is 2.67. The van der Waals surface area contributed by atoms with Crippen LogP contribution in [0.4, 0.5) is 0 Å². The molecule has 2 heterocycles. The maximum atomic E-state index is 12.8. The van der Waals surface area contributed by atoms with Gasteiger partial charge < -0.3 is 9.52 Å². The van der Waals surface area contributed by atoms with Gasteiger partial charge in [0.1, 0.15) is 21.9 Å². The first-order chi connectivity index (χ1) is 13.4. The van der Waals surface area contributed by atoms with E-state index in [9.17, 15) is 14.7 Å². The van der Waals surface area contributed by atoms with Crippen LogP contribution in [-0.2, 0) is 9.59 Å². The van der Waals surface area contributed by atoms with Gasteiger partial charge in [-0.1, -0.05) is 52.0 Å². The first-order valence-corrected chi connectivity index (χ1v) is 11.7. The van der Waals surface area contributed by atoms with Crippen molar-refractivity contribution >= 4 is 73.9 Å². The Morgan fingerprint density at radius 1 is 1.36 bits per heavy atom. The molecular weight excluding hydrogens is 482 g/mol. The van der Waals surface area contributed by atoms with E-state index >= 15 is 0 Å². The minimum Gasteiger partial charge on any atom is -0.480 e. The summed E-state index contributed by atoms with van der Waals surface area (Å²) in [5.74, 6) is 0.362. The zero-order valence-corrected chi connectivity index (χ0v) is 18.8. The summed E-state index contributed by atoms with van der Waals surface area (Å²) in [6.07, 6.45) is 3.84. The predicted molar refractivity (Wildman–Crippen MR) is 121 cm³/mol. The van der Waals surface area contributed by atoms with Crippen LogP contribution in [0.25, 0.3) is 17.4 Å². The Hall–Kier alpha value is -1.55. The van der Waals surface area contributed by atoms with E-state index < -0.39 is 17.9 Å². The summed E-state index contributed by atoms with van der Waals surface area (Å²) in [5, 5.41) is 9.51. The zero-order valence-electron chi connectivity index (χ0n) is 14.8. The smallest absolute Gasteiger partial charge is 0.326 e. The number of carboxylic acids is 1. The van der Waals surface area contributed by atoms with Crippen molar-refractivity contribution in [1.29, 1.82) is 0 Å². The molecule has 0 saturated carbocycles. The number of thiocarbonyl (C=S) groups is 1. The second kappa shape index (κ2) is 9.30. The van der Waals surface area contributed by atoms with E-state index in [1.165, 1.54) is 16.7 Å². The molecule has 0 aliphatic carbocycles. The maximum absolute atomic E-state index is 12.8. The molecule has 3 rings (SSSR count). The monoisotopic (exact) mass is 497 g/mol. The number of amides is 1. The highest BCUT2D eigenvalue weighted by atomic mass is 79.9. The molecule has 0 radical (unpaired) electrons. The number of nitrogens with zero attached hydrogens (tertiary/aromatic N) is 1. The van der Waals surface area contributed by atoms with Gasteiger partial charge in [-0.05, 0) is 42.7 Å². The molecule has 1 amide bonds. The number of aliphatic carboxylic acids is 1. The van der Waals surface area contributed by atoms with Gasteiger partial charge in [0.05, 0.1) is 4.91 Å². The second-order valence-corrected chi connectivity index (χ2v) is 9.47. The van der Waals surface area contributed by atoms with Gasteiger partial charge in [-0.15, -0.1) is 0 Å². The fourth-order valence-corrected chi connectivity index (χ4v) is 4.73. The summed E-state index contributed by atoms with van der Waals surface area (Å²) in [4.78, 5) is 26.0. The van der Waals surface area contributed by atoms with Crippen molar-refractivity contribution in [1.82, 2.24) is 4.90 Å². The Morgan fingerprint density at radius 2 is 2.07 bits per heavy atom. The third kappa shape index (κ3) is 4.71. The molecule has 146 valence electrons. The number of thioether (sulfide) groups is 2. The van der Waals surface area contributed by atoms with Crippen molar-refractivity contribution < 1.29 is 19.1 Å². The third-order valence-corrected chi connectivity index (χ3v) is 6.55. The largest absolute Gasteiger partial charge is 0.480 e. The molecule has 1 aliphatic heterocycles. The van der Waals surface area contributed by atoms with Gasteiger partial charge in [-0.3, -0.25) is 9.69 Å². The molecule has 1 atom stereocenters. The number of furan rings is 1. The van der Waals surface area contributed by atoms with Crippen LogP contribution >= 0.6 is 51.7 Å². The van der Waals surface area contributed by atoms with Crippen LogP contribution in [0.5, 0.6) is 0 Å². The van der Waals surface area contributed by atoms with E-state index in [1.807, 2.05) is 36.6 Å². The summed E-state index contributed by atoms with van der Waals surface area (Å²) in [5.41, 5.74) is 0.915. The van der Waals surface area contributed by atoms with E-state index in [-0.39, 0.29) is 4.32 Å². The lowest BCUT2D eigenvalue weighted by atomic mass is 10.2. The van der Waals surface area contributed by atoms with Gasteiger partial charge >= 0.3 is 5.97 Å². The highest BCUT2D eigenvalue weighted by Gasteiger charge is 2.40. The van der Waals surface area contributed by atoms with Gasteiger partial charge in [0, 0.05) is 16.1 Å². The summed E-state index contributed by atoms with van der Waals surface area (Å²) in [6.45, 7) is 0. The molecule has 1 aromatic heterocycles. The Morgan fingerprint density at radius 3 is 2.71 bits per heavy atom. The van der Waals surface area contributed by atoms with Crippen LogP contribution in [0.2, 0.25) is 0 Å². The summed E-state index contributed by atoms with van der Waals surface area (Å²) in [7, 11) is 0. The van der Waals surface area contributed by atoms with E-state index in [0.717, 1.165) is 21.8 Å². The SMILES string of the molecule is CSCCC(C(=O)O)N1C(=O)/C(=C/c2ccc(-c3ccc(Br)cc3)o2)SC1=S. The van der Waals surface area contributed by atoms with Crippen LogP contribution in [0.3, 0.4) is 0 Å². The molecule has 1 N–H and O–H groups in total. The molecule has 0 bridgehead atoms. The summed E-state index contributed by atoms with van der Waals surface area (Å²) >= 11 is 11.3. The molecule has 28 heavy (non-hydrogen) atoms. The molecule has 1 unspecified atom stereocenters. The molecule has 5 nitrogen and oxygen atoms in total. The Bertz CT molecular complexity index is 939. The topological polar surface area (TPSA) is 70.8 Å². The minimum atomic E-state index is -1.05. The van der Waals surface area contributed by atoms with Crippen LogP contribution in [0.15, 0.2) is 50.2 Å². The molecule has 1 fully saturated rings. The second-order valence-electron chi connectivity index (χ2n) is 5.90. The number of rotatable bonds is 7. The Labute approximate surface area is 184 Å². The lowest BCUT2D eigenvalue weighted by Crippen LogP contribution is -2.44. The van der Waals surface area contributed by atoms with Gasteiger partial charge in [0.15, 0.2) is 0 Å². The van der Waals surface area contributed by atoms with Gasteiger partial charge in [0.25, 0.3) is 5.91 Å². The van der Waals surface area contributed by atoms with E-state index in [2.05, 4.69) is 15.9 Å². The molecular formula is C19H16BrNO4S3. The number of carbonyl (C=O) groups is 2. The summed E-state index contributed by atoms with van der Waals surface area (Å²) < 4.78 is 7.05. The van der Waals surface area contributed by atoms with E-state index in [0.29, 0.717) is 28.6 Å². The number of hydrogen-bond donors (Lipinski definition) is 1.